The third-order valence-electron chi connectivity index (χ3n) is 2.90. The maximum atomic E-state index is 11.9. The van der Waals surface area contributed by atoms with Crippen molar-refractivity contribution < 1.29 is 4.79 Å². The van der Waals surface area contributed by atoms with E-state index >= 15 is 0 Å². The lowest BCUT2D eigenvalue weighted by Crippen LogP contribution is -2.50. The molecule has 0 heterocycles. The summed E-state index contributed by atoms with van der Waals surface area (Å²) >= 11 is 0. The van der Waals surface area contributed by atoms with E-state index in [2.05, 4.69) is 13.2 Å². The summed E-state index contributed by atoms with van der Waals surface area (Å²) in [6.07, 6.45) is 6.99. The molecule has 1 aliphatic carbocycles. The first-order valence-electron chi connectivity index (χ1n) is 5.40. The van der Waals surface area contributed by atoms with Crippen LogP contribution in [0.2, 0.25) is 0 Å². The predicted octanol–water partition coefficient (Wildman–Crippen LogP) is 1.46. The van der Waals surface area contributed by atoms with Gasteiger partial charge in [0.25, 0.3) is 0 Å². The maximum absolute atomic E-state index is 11.9. The zero-order valence-corrected chi connectivity index (χ0v) is 9.24. The second kappa shape index (κ2) is 5.12. The Bertz CT molecular complexity index is 246. The molecular formula is C12H20N2O. The second-order valence-electron chi connectivity index (χ2n) is 4.27. The molecule has 1 fully saturated rings. The summed E-state index contributed by atoms with van der Waals surface area (Å²) in [5.41, 5.74) is 5.80. The van der Waals surface area contributed by atoms with Gasteiger partial charge < -0.3 is 10.6 Å². The van der Waals surface area contributed by atoms with Crippen LogP contribution in [0.15, 0.2) is 25.3 Å². The van der Waals surface area contributed by atoms with Crippen LogP contribution in [-0.4, -0.2) is 29.4 Å². The Morgan fingerprint density at radius 1 is 1.33 bits per heavy atom. The van der Waals surface area contributed by atoms with Crippen LogP contribution in [0.25, 0.3) is 0 Å². The van der Waals surface area contributed by atoms with Crippen molar-refractivity contribution in [3.63, 3.8) is 0 Å². The van der Waals surface area contributed by atoms with E-state index in [1.807, 2.05) is 0 Å². The molecule has 3 heteroatoms. The molecule has 0 aliphatic heterocycles. The average molecular weight is 208 g/mol. The summed E-state index contributed by atoms with van der Waals surface area (Å²) in [5, 5.41) is 0. The Balaban J connectivity index is 2.47. The molecule has 3 nitrogen and oxygen atoms in total. The molecule has 1 saturated carbocycles. The summed E-state index contributed by atoms with van der Waals surface area (Å²) in [5.74, 6) is 0.108. The number of hydrogen-bond donors (Lipinski definition) is 1. The first kappa shape index (κ1) is 12.0. The smallest absolute Gasteiger partial charge is 0.224 e. The Labute approximate surface area is 91.6 Å². The van der Waals surface area contributed by atoms with Crippen molar-refractivity contribution in [3.05, 3.63) is 25.3 Å². The van der Waals surface area contributed by atoms with E-state index in [4.69, 9.17) is 5.73 Å². The molecule has 0 saturated heterocycles. The highest BCUT2D eigenvalue weighted by Gasteiger charge is 2.35. The van der Waals surface area contributed by atoms with E-state index < -0.39 is 0 Å². The molecule has 0 radical (unpaired) electrons. The van der Waals surface area contributed by atoms with E-state index in [0.29, 0.717) is 19.5 Å². The second-order valence-corrected chi connectivity index (χ2v) is 4.27. The molecule has 0 spiro atoms. The lowest BCUT2D eigenvalue weighted by Gasteiger charge is -2.38. The van der Waals surface area contributed by atoms with Crippen molar-refractivity contribution in [1.29, 1.82) is 0 Å². The van der Waals surface area contributed by atoms with Gasteiger partial charge >= 0.3 is 0 Å². The normalized spacial score (nSPS) is 17.7. The summed E-state index contributed by atoms with van der Waals surface area (Å²) in [4.78, 5) is 13.6. The van der Waals surface area contributed by atoms with Crippen LogP contribution < -0.4 is 5.73 Å². The fourth-order valence-electron chi connectivity index (χ4n) is 1.81. The maximum Gasteiger partial charge on any atom is 0.224 e. The molecule has 1 amide bonds. The number of carbonyl (C=O) groups is 1. The molecule has 0 bridgehead atoms. The van der Waals surface area contributed by atoms with Crippen LogP contribution in [0.4, 0.5) is 0 Å². The SMILES string of the molecule is C=CCN(CC=C)C(=O)CC1(N)CCC1. The topological polar surface area (TPSA) is 46.3 Å². The van der Waals surface area contributed by atoms with Crippen molar-refractivity contribution in [2.24, 2.45) is 5.73 Å². The lowest BCUT2D eigenvalue weighted by atomic mass is 9.75. The van der Waals surface area contributed by atoms with Gasteiger partial charge in [-0.15, -0.1) is 13.2 Å². The lowest BCUT2D eigenvalue weighted by molar-refractivity contribution is -0.132. The molecule has 1 rings (SSSR count). The minimum Gasteiger partial charge on any atom is -0.335 e. The summed E-state index contributed by atoms with van der Waals surface area (Å²) < 4.78 is 0. The van der Waals surface area contributed by atoms with Gasteiger partial charge in [-0.1, -0.05) is 12.2 Å². The van der Waals surface area contributed by atoms with Crippen molar-refractivity contribution in [2.75, 3.05) is 13.1 Å². The molecule has 0 unspecified atom stereocenters. The number of rotatable bonds is 6. The van der Waals surface area contributed by atoms with Crippen LogP contribution in [0, 0.1) is 0 Å². The van der Waals surface area contributed by atoms with Gasteiger partial charge in [0.15, 0.2) is 0 Å². The molecule has 0 atom stereocenters. The van der Waals surface area contributed by atoms with E-state index in [0.717, 1.165) is 19.3 Å². The van der Waals surface area contributed by atoms with Gasteiger partial charge in [0.2, 0.25) is 5.91 Å². The molecule has 0 aromatic rings. The van der Waals surface area contributed by atoms with E-state index in [1.54, 1.807) is 17.1 Å². The molecule has 1 aliphatic rings. The van der Waals surface area contributed by atoms with E-state index in [1.165, 1.54) is 0 Å². The van der Waals surface area contributed by atoms with Crippen molar-refractivity contribution in [3.8, 4) is 0 Å². The van der Waals surface area contributed by atoms with Gasteiger partial charge in [-0.05, 0) is 19.3 Å². The zero-order chi connectivity index (χ0) is 11.3. The van der Waals surface area contributed by atoms with Gasteiger partial charge in [0, 0.05) is 25.0 Å². The molecule has 84 valence electrons. The minimum absolute atomic E-state index is 0.108. The van der Waals surface area contributed by atoms with Gasteiger partial charge in [0.1, 0.15) is 0 Å². The van der Waals surface area contributed by atoms with E-state index in [-0.39, 0.29) is 11.4 Å². The highest BCUT2D eigenvalue weighted by molar-refractivity contribution is 5.78. The minimum atomic E-state index is -0.238. The summed E-state index contributed by atoms with van der Waals surface area (Å²) in [6.45, 7) is 8.41. The molecule has 0 aromatic carbocycles. The third-order valence-corrected chi connectivity index (χ3v) is 2.90. The average Bonchev–Trinajstić information content (AvgIpc) is 2.15. The Kier molecular flexibility index (Phi) is 4.09. The quantitative estimate of drug-likeness (QED) is 0.672. The van der Waals surface area contributed by atoms with E-state index in [9.17, 15) is 4.79 Å². The van der Waals surface area contributed by atoms with Gasteiger partial charge in [0.05, 0.1) is 0 Å². The Morgan fingerprint density at radius 3 is 2.20 bits per heavy atom. The Morgan fingerprint density at radius 2 is 1.87 bits per heavy atom. The fourth-order valence-corrected chi connectivity index (χ4v) is 1.81. The van der Waals surface area contributed by atoms with Crippen molar-refractivity contribution in [1.82, 2.24) is 4.90 Å². The largest absolute Gasteiger partial charge is 0.335 e. The summed E-state index contributed by atoms with van der Waals surface area (Å²) in [7, 11) is 0. The highest BCUT2D eigenvalue weighted by Crippen LogP contribution is 2.32. The van der Waals surface area contributed by atoms with Crippen LogP contribution >= 0.6 is 0 Å². The third kappa shape index (κ3) is 3.20. The number of nitrogens with zero attached hydrogens (tertiary/aromatic N) is 1. The first-order valence-corrected chi connectivity index (χ1v) is 5.40. The molecule has 15 heavy (non-hydrogen) atoms. The van der Waals surface area contributed by atoms with Crippen LogP contribution in [-0.2, 0) is 4.79 Å². The first-order chi connectivity index (χ1) is 7.11. The van der Waals surface area contributed by atoms with Gasteiger partial charge in [-0.3, -0.25) is 4.79 Å². The van der Waals surface area contributed by atoms with Gasteiger partial charge in [-0.25, -0.2) is 0 Å². The van der Waals surface area contributed by atoms with Gasteiger partial charge in [-0.2, -0.15) is 0 Å². The van der Waals surface area contributed by atoms with Crippen LogP contribution in [0.1, 0.15) is 25.7 Å². The molecule has 0 aromatic heterocycles. The number of carbonyl (C=O) groups excluding carboxylic acids is 1. The Hall–Kier alpha value is -1.09. The highest BCUT2D eigenvalue weighted by atomic mass is 16.2. The van der Waals surface area contributed by atoms with Crippen molar-refractivity contribution >= 4 is 5.91 Å². The van der Waals surface area contributed by atoms with Crippen LogP contribution in [0.3, 0.4) is 0 Å². The molecule has 2 N–H and O–H groups in total. The van der Waals surface area contributed by atoms with Crippen LogP contribution in [0.5, 0.6) is 0 Å². The number of nitrogens with two attached hydrogens (primary N) is 1. The summed E-state index contributed by atoms with van der Waals surface area (Å²) in [6, 6.07) is 0. The number of amides is 1. The fraction of sp³-hybridized carbons (Fsp3) is 0.583. The monoisotopic (exact) mass is 208 g/mol. The number of hydrogen-bond acceptors (Lipinski definition) is 2. The zero-order valence-electron chi connectivity index (χ0n) is 9.24. The standard InChI is InChI=1S/C12H20N2O/c1-3-8-14(9-4-2)11(15)10-12(13)6-5-7-12/h3-4H,1-2,5-10,13H2. The molecular weight excluding hydrogens is 188 g/mol. The van der Waals surface area contributed by atoms with Crippen molar-refractivity contribution in [2.45, 2.75) is 31.2 Å². The predicted molar refractivity (Wildman–Crippen MR) is 62.4 cm³/mol.